The summed E-state index contributed by atoms with van der Waals surface area (Å²) in [6.45, 7) is 26.3. The molecule has 0 N–H and O–H groups in total. The van der Waals surface area contributed by atoms with Gasteiger partial charge in [0.05, 0.1) is 36.6 Å². The van der Waals surface area contributed by atoms with Gasteiger partial charge >= 0.3 is 0 Å². The number of hydrogen-bond acceptors (Lipinski definition) is 12. The average Bonchev–Trinajstić information content (AvgIpc) is 2.85. The lowest BCUT2D eigenvalue weighted by Gasteiger charge is -2.36. The molecule has 216 valence electrons. The molecule has 3 fully saturated rings. The molecule has 3 heterocycles. The molecule has 0 aromatic heterocycles. The van der Waals surface area contributed by atoms with Crippen molar-refractivity contribution < 1.29 is 18.4 Å². The van der Waals surface area contributed by atoms with Crippen molar-refractivity contribution in [1.29, 1.82) is 0 Å². The Morgan fingerprint density at radius 3 is 0.750 bits per heavy atom. The second-order valence-corrected chi connectivity index (χ2v) is 14.6. The zero-order valence-electron chi connectivity index (χ0n) is 23.8. The summed E-state index contributed by atoms with van der Waals surface area (Å²) in [5.41, 5.74) is 0. The lowest BCUT2D eigenvalue weighted by molar-refractivity contribution is -0.197. The van der Waals surface area contributed by atoms with Gasteiger partial charge in [0.1, 0.15) is 0 Å². The van der Waals surface area contributed by atoms with Gasteiger partial charge in [-0.2, -0.15) is 39.5 Å². The first-order chi connectivity index (χ1) is 16.8. The van der Waals surface area contributed by atoms with E-state index in [9.17, 15) is 0 Å². The first kappa shape index (κ1) is 41.5. The third-order valence-electron chi connectivity index (χ3n) is 6.54. The molecule has 0 aromatic carbocycles. The first-order valence-corrected chi connectivity index (χ1v) is 16.8. The van der Waals surface area contributed by atoms with E-state index in [0.29, 0.717) is 22.7 Å². The minimum absolute atomic E-state index is 0.242. The van der Waals surface area contributed by atoms with Gasteiger partial charge in [-0.1, -0.05) is 41.5 Å². The van der Waals surface area contributed by atoms with Gasteiger partial charge in [-0.3, -0.25) is 0 Å². The highest BCUT2D eigenvalue weighted by Gasteiger charge is 2.29. The molecule has 3 saturated heterocycles. The zero-order chi connectivity index (χ0) is 29.2. The van der Waals surface area contributed by atoms with E-state index < -0.39 is 0 Å². The summed E-state index contributed by atoms with van der Waals surface area (Å²) in [6, 6.07) is 0. The summed E-state index contributed by atoms with van der Waals surface area (Å²) in [5, 5.41) is 4.69. The van der Waals surface area contributed by atoms with Crippen molar-refractivity contribution in [3.8, 4) is 0 Å². The Morgan fingerprint density at radius 2 is 0.556 bits per heavy atom. The van der Waals surface area contributed by atoms with Crippen molar-refractivity contribution >= 4 is 70.2 Å². The monoisotopic (exact) mass is 624 g/mol. The summed E-state index contributed by atoms with van der Waals surface area (Å²) < 4.78 is 24.7. The van der Waals surface area contributed by atoms with Crippen molar-refractivity contribution in [2.24, 2.45) is 0 Å². The molecule has 0 radical (unpaired) electrons. The maximum Gasteiger partial charge on any atom is 0.197 e. The molecule has 0 aliphatic carbocycles. The Labute approximate surface area is 248 Å². The number of ether oxygens (including phenoxy) is 3. The van der Waals surface area contributed by atoms with Crippen molar-refractivity contribution in [2.45, 2.75) is 151 Å². The lowest BCUT2D eigenvalue weighted by atomic mass is 10.1. The van der Waals surface area contributed by atoms with Gasteiger partial charge in [-0.25, -0.2) is 0 Å². The first-order valence-electron chi connectivity index (χ1n) is 12.3. The molecule has 12 unspecified atom stereocenters. The molecule has 3 rings (SSSR count). The third kappa shape index (κ3) is 16.8. The fourth-order valence-electron chi connectivity index (χ4n) is 3.36. The van der Waals surface area contributed by atoms with E-state index in [-0.39, 0.29) is 24.4 Å². The van der Waals surface area contributed by atoms with Gasteiger partial charge in [0, 0.05) is 63.8 Å². The molecule has 3 aliphatic rings. The maximum atomic E-state index is 7.83. The molecule has 0 amide bonds. The standard InChI is InChI=1S/C8H16O2.C8H16OS.C8H16S2.O2.OS.S2/c1-5-6(2)10-8(4)7(3)9-5;1-5-7(3)10-8(4)6(2)9-5;1-5-6(2)10-8(4)7(3)9-5;3*1-2/h3*5-8H,1-4H3;;;. The predicted octanol–water partition coefficient (Wildman–Crippen LogP) is 6.64. The second kappa shape index (κ2) is 23.8. The molecule has 36 heavy (non-hydrogen) atoms. The smallest absolute Gasteiger partial charge is 0.197 e. The van der Waals surface area contributed by atoms with Crippen LogP contribution in [0.5, 0.6) is 0 Å². The predicted molar refractivity (Wildman–Crippen MR) is 169 cm³/mol. The largest absolute Gasteiger partial charge is 0.373 e. The van der Waals surface area contributed by atoms with Crippen LogP contribution in [0.1, 0.15) is 83.1 Å². The second-order valence-electron chi connectivity index (χ2n) is 9.28. The molecule has 12 atom stereocenters. The molecule has 0 saturated carbocycles. The van der Waals surface area contributed by atoms with E-state index in [0.717, 1.165) is 21.0 Å². The topological polar surface area (TPSA) is 78.9 Å². The summed E-state index contributed by atoms with van der Waals surface area (Å²) in [5.74, 6) is 0. The normalized spacial score (nSPS) is 41.3. The molecular formula is C24H48O6S6. The Kier molecular flexibility index (Phi) is 27.5. The summed E-state index contributed by atoms with van der Waals surface area (Å²) in [6.07, 6.45) is 1.82. The average molecular weight is 625 g/mol. The molecule has 0 bridgehead atoms. The fourth-order valence-corrected chi connectivity index (χ4v) is 7.62. The Balaban J connectivity index is -0.000000410. The SMILES string of the molecule is CC1OC(C)C(C)OC1C.CC1OC(C)C(C)SC1C.CC1SC(C)C(C)SC1C.O=O.O=S.S=S. The van der Waals surface area contributed by atoms with Gasteiger partial charge in [-0.05, 0) is 41.5 Å². The lowest BCUT2D eigenvalue weighted by Crippen LogP contribution is -2.44. The summed E-state index contributed by atoms with van der Waals surface area (Å²) >= 11 is 16.5. The van der Waals surface area contributed by atoms with E-state index >= 15 is 0 Å². The number of rotatable bonds is 0. The molecule has 0 aromatic rings. The Hall–Kier alpha value is 0.990. The molecular weight excluding hydrogens is 577 g/mol. The Morgan fingerprint density at radius 1 is 0.389 bits per heavy atom. The van der Waals surface area contributed by atoms with Crippen LogP contribution in [0, 0.1) is 9.93 Å². The van der Waals surface area contributed by atoms with Crippen LogP contribution < -0.4 is 0 Å². The van der Waals surface area contributed by atoms with Gasteiger partial charge in [0.15, 0.2) is 12.5 Å². The zero-order valence-corrected chi connectivity index (χ0v) is 28.7. The highest BCUT2D eigenvalue weighted by Crippen LogP contribution is 2.40. The van der Waals surface area contributed by atoms with E-state index in [2.05, 4.69) is 114 Å². The van der Waals surface area contributed by atoms with Crippen molar-refractivity contribution in [2.75, 3.05) is 0 Å². The molecule has 6 nitrogen and oxygen atoms in total. The van der Waals surface area contributed by atoms with Gasteiger partial charge < -0.3 is 14.2 Å². The van der Waals surface area contributed by atoms with Gasteiger partial charge in [0.25, 0.3) is 0 Å². The highest BCUT2D eigenvalue weighted by atomic mass is 32.8. The van der Waals surface area contributed by atoms with Crippen LogP contribution in [-0.4, -0.2) is 72.3 Å². The molecule has 3 aliphatic heterocycles. The van der Waals surface area contributed by atoms with E-state index in [4.69, 9.17) is 28.3 Å². The van der Waals surface area contributed by atoms with Crippen LogP contribution in [0.4, 0.5) is 0 Å². The van der Waals surface area contributed by atoms with E-state index in [1.807, 2.05) is 39.5 Å². The van der Waals surface area contributed by atoms with Crippen LogP contribution >= 0.6 is 35.3 Å². The van der Waals surface area contributed by atoms with Crippen LogP contribution in [0.2, 0.25) is 0 Å². The minimum atomic E-state index is 0.242. The summed E-state index contributed by atoms with van der Waals surface area (Å²) in [7, 11) is 0. The van der Waals surface area contributed by atoms with Gasteiger partial charge in [0.2, 0.25) is 0 Å². The fraction of sp³-hybridized carbons (Fsp3) is 1.00. The van der Waals surface area contributed by atoms with Crippen LogP contribution in [-0.2, 0) is 49.1 Å². The highest BCUT2D eigenvalue weighted by molar-refractivity contribution is 8.08. The van der Waals surface area contributed by atoms with Crippen molar-refractivity contribution in [3.63, 3.8) is 0 Å². The van der Waals surface area contributed by atoms with Crippen molar-refractivity contribution in [1.82, 2.24) is 0 Å². The van der Waals surface area contributed by atoms with Crippen LogP contribution in [0.3, 0.4) is 0 Å². The van der Waals surface area contributed by atoms with E-state index in [1.54, 1.807) is 0 Å². The quantitative estimate of drug-likeness (QED) is 0.290. The van der Waals surface area contributed by atoms with Gasteiger partial charge in [-0.15, -0.1) is 0 Å². The minimum Gasteiger partial charge on any atom is -0.373 e. The molecule has 0 spiro atoms. The third-order valence-corrected chi connectivity index (χ3v) is 11.9. The van der Waals surface area contributed by atoms with Crippen molar-refractivity contribution in [3.05, 3.63) is 9.93 Å². The molecule has 12 heteroatoms. The Bertz CT molecular complexity index is 390. The maximum absolute atomic E-state index is 7.83. The van der Waals surface area contributed by atoms with Crippen LogP contribution in [0.25, 0.3) is 0 Å². The summed E-state index contributed by atoms with van der Waals surface area (Å²) in [4.78, 5) is 14.0. The number of hydrogen-bond donors (Lipinski definition) is 0. The van der Waals surface area contributed by atoms with E-state index in [1.165, 1.54) is 0 Å². The number of thioether (sulfide) groups is 3. The van der Waals surface area contributed by atoms with Crippen LogP contribution in [0.15, 0.2) is 0 Å².